The lowest BCUT2D eigenvalue weighted by Crippen LogP contribution is -2.26. The Balaban J connectivity index is 2.14. The molecule has 2 aromatic carbocycles. The quantitative estimate of drug-likeness (QED) is 0.843. The van der Waals surface area contributed by atoms with E-state index < -0.39 is 5.97 Å². The van der Waals surface area contributed by atoms with Crippen LogP contribution < -0.4 is 5.32 Å². The third kappa shape index (κ3) is 3.93. The molecule has 0 aliphatic rings. The summed E-state index contributed by atoms with van der Waals surface area (Å²) in [6, 6.07) is 19.6. The summed E-state index contributed by atoms with van der Waals surface area (Å²) < 4.78 is 0. The Labute approximate surface area is 119 Å². The van der Waals surface area contributed by atoms with Crippen LogP contribution in [0, 0.1) is 0 Å². The molecule has 1 unspecified atom stereocenters. The highest BCUT2D eigenvalue weighted by Crippen LogP contribution is 2.22. The third-order valence-corrected chi connectivity index (χ3v) is 3.33. The van der Waals surface area contributed by atoms with Gasteiger partial charge in [-0.15, -0.1) is 0 Å². The van der Waals surface area contributed by atoms with E-state index in [9.17, 15) is 4.79 Å². The summed E-state index contributed by atoms with van der Waals surface area (Å²) in [4.78, 5) is 11.1. The van der Waals surface area contributed by atoms with Crippen LogP contribution in [0.2, 0.25) is 0 Å². The monoisotopic (exact) mass is 269 g/mol. The Kier molecular flexibility index (Phi) is 4.91. The molecule has 2 rings (SSSR count). The van der Waals surface area contributed by atoms with Gasteiger partial charge in [-0.25, -0.2) is 0 Å². The first-order valence-corrected chi connectivity index (χ1v) is 6.74. The fourth-order valence-electron chi connectivity index (χ4n) is 2.27. The summed E-state index contributed by atoms with van der Waals surface area (Å²) in [6.45, 7) is 2.05. The number of rotatable bonds is 6. The van der Waals surface area contributed by atoms with Crippen LogP contribution in [0.15, 0.2) is 60.7 Å². The molecule has 0 aromatic heterocycles. The number of carboxylic acids is 1. The number of hydrogen-bond acceptors (Lipinski definition) is 2. The number of benzene rings is 2. The van der Waals surface area contributed by atoms with E-state index in [0.717, 1.165) is 11.1 Å². The van der Waals surface area contributed by atoms with Crippen molar-refractivity contribution in [3.8, 4) is 0 Å². The first-order chi connectivity index (χ1) is 9.66. The predicted octanol–water partition coefficient (Wildman–Crippen LogP) is 3.55. The zero-order chi connectivity index (χ0) is 14.4. The van der Waals surface area contributed by atoms with Crippen molar-refractivity contribution in [1.29, 1.82) is 0 Å². The van der Waals surface area contributed by atoms with Crippen LogP contribution in [-0.2, 0) is 4.79 Å². The molecular weight excluding hydrogens is 250 g/mol. The minimum atomic E-state index is -0.799. The molecule has 0 heterocycles. The van der Waals surface area contributed by atoms with Gasteiger partial charge in [-0.1, -0.05) is 60.7 Å². The first-order valence-electron chi connectivity index (χ1n) is 6.74. The fourth-order valence-corrected chi connectivity index (χ4v) is 2.27. The average Bonchev–Trinajstić information content (AvgIpc) is 2.48. The lowest BCUT2D eigenvalue weighted by Gasteiger charge is -2.23. The van der Waals surface area contributed by atoms with Crippen LogP contribution in [0.4, 0.5) is 0 Å². The summed E-state index contributed by atoms with van der Waals surface area (Å²) in [5.41, 5.74) is 2.15. The smallest absolute Gasteiger partial charge is 0.305 e. The van der Waals surface area contributed by atoms with E-state index in [4.69, 9.17) is 5.11 Å². The molecule has 0 saturated heterocycles. The van der Waals surface area contributed by atoms with Crippen molar-refractivity contribution in [2.24, 2.45) is 0 Å². The highest BCUT2D eigenvalue weighted by atomic mass is 16.4. The van der Waals surface area contributed by atoms with Gasteiger partial charge in [-0.05, 0) is 18.1 Å². The average molecular weight is 269 g/mol. The Morgan fingerprint density at radius 3 is 2.00 bits per heavy atom. The number of nitrogens with one attached hydrogen (secondary N) is 1. The summed E-state index contributed by atoms with van der Waals surface area (Å²) in [7, 11) is 0. The summed E-state index contributed by atoms with van der Waals surface area (Å²) in [5, 5.41) is 12.5. The predicted molar refractivity (Wildman–Crippen MR) is 79.4 cm³/mol. The molecule has 0 aliphatic carbocycles. The van der Waals surface area contributed by atoms with Crippen LogP contribution in [0.25, 0.3) is 0 Å². The second kappa shape index (κ2) is 6.87. The van der Waals surface area contributed by atoms with E-state index in [2.05, 4.69) is 5.32 Å². The van der Waals surface area contributed by atoms with Crippen molar-refractivity contribution in [3.05, 3.63) is 71.8 Å². The number of aliphatic carboxylic acids is 1. The SMILES string of the molecule is CC(N[C@H](CC(=O)O)c1ccccc1)c1ccccc1. The van der Waals surface area contributed by atoms with Crippen molar-refractivity contribution < 1.29 is 9.90 Å². The molecule has 2 N–H and O–H groups in total. The Morgan fingerprint density at radius 2 is 1.50 bits per heavy atom. The van der Waals surface area contributed by atoms with Crippen LogP contribution >= 0.6 is 0 Å². The molecule has 104 valence electrons. The van der Waals surface area contributed by atoms with Crippen LogP contribution in [0.1, 0.15) is 36.6 Å². The van der Waals surface area contributed by atoms with Crippen molar-refractivity contribution in [2.75, 3.05) is 0 Å². The molecule has 0 amide bonds. The van der Waals surface area contributed by atoms with E-state index in [1.165, 1.54) is 0 Å². The number of hydrogen-bond donors (Lipinski definition) is 2. The van der Waals surface area contributed by atoms with Gasteiger partial charge in [0.2, 0.25) is 0 Å². The lowest BCUT2D eigenvalue weighted by molar-refractivity contribution is -0.137. The standard InChI is InChI=1S/C17H19NO2/c1-13(14-8-4-2-5-9-14)18-16(12-17(19)20)15-10-6-3-7-11-15/h2-11,13,16,18H,12H2,1H3,(H,19,20)/t13?,16-/m1/s1. The van der Waals surface area contributed by atoms with Gasteiger partial charge >= 0.3 is 5.97 Å². The fraction of sp³-hybridized carbons (Fsp3) is 0.235. The second-order valence-corrected chi connectivity index (χ2v) is 4.86. The van der Waals surface area contributed by atoms with Crippen molar-refractivity contribution in [3.63, 3.8) is 0 Å². The molecule has 2 aromatic rings. The summed E-state index contributed by atoms with van der Waals surface area (Å²) in [6.07, 6.45) is 0.0706. The Hall–Kier alpha value is -2.13. The summed E-state index contributed by atoms with van der Waals surface area (Å²) >= 11 is 0. The van der Waals surface area contributed by atoms with Crippen molar-refractivity contribution in [1.82, 2.24) is 5.32 Å². The van der Waals surface area contributed by atoms with Gasteiger partial charge in [-0.3, -0.25) is 4.79 Å². The van der Waals surface area contributed by atoms with E-state index in [-0.39, 0.29) is 18.5 Å². The highest BCUT2D eigenvalue weighted by molar-refractivity contribution is 5.68. The maximum absolute atomic E-state index is 11.1. The first kappa shape index (κ1) is 14.3. The van der Waals surface area contributed by atoms with Gasteiger partial charge in [0, 0.05) is 12.1 Å². The van der Waals surface area contributed by atoms with Crippen LogP contribution in [0.5, 0.6) is 0 Å². The molecule has 0 bridgehead atoms. The molecule has 0 saturated carbocycles. The molecule has 3 heteroatoms. The molecule has 0 radical (unpaired) electrons. The van der Waals surface area contributed by atoms with Crippen LogP contribution in [-0.4, -0.2) is 11.1 Å². The van der Waals surface area contributed by atoms with Gasteiger partial charge in [0.1, 0.15) is 0 Å². The number of carboxylic acid groups (broad SMARTS) is 1. The van der Waals surface area contributed by atoms with E-state index >= 15 is 0 Å². The molecule has 20 heavy (non-hydrogen) atoms. The number of carbonyl (C=O) groups is 1. The van der Waals surface area contributed by atoms with E-state index in [0.29, 0.717) is 0 Å². The topological polar surface area (TPSA) is 49.3 Å². The van der Waals surface area contributed by atoms with Crippen LogP contribution in [0.3, 0.4) is 0 Å². The lowest BCUT2D eigenvalue weighted by atomic mass is 10.0. The zero-order valence-corrected chi connectivity index (χ0v) is 11.5. The van der Waals surface area contributed by atoms with Gasteiger partial charge in [0.25, 0.3) is 0 Å². The normalized spacial score (nSPS) is 13.7. The van der Waals surface area contributed by atoms with Gasteiger partial charge in [-0.2, -0.15) is 0 Å². The van der Waals surface area contributed by atoms with Gasteiger partial charge < -0.3 is 10.4 Å². The largest absolute Gasteiger partial charge is 0.481 e. The minimum absolute atomic E-state index is 0.0706. The van der Waals surface area contributed by atoms with Crippen molar-refractivity contribution >= 4 is 5.97 Å². The molecule has 2 atom stereocenters. The zero-order valence-electron chi connectivity index (χ0n) is 11.5. The molecule has 0 aliphatic heterocycles. The second-order valence-electron chi connectivity index (χ2n) is 4.86. The molecule has 3 nitrogen and oxygen atoms in total. The van der Waals surface area contributed by atoms with Crippen molar-refractivity contribution in [2.45, 2.75) is 25.4 Å². The van der Waals surface area contributed by atoms with E-state index in [1.807, 2.05) is 67.6 Å². The Bertz CT molecular complexity index is 539. The maximum Gasteiger partial charge on any atom is 0.305 e. The van der Waals surface area contributed by atoms with E-state index in [1.54, 1.807) is 0 Å². The third-order valence-electron chi connectivity index (χ3n) is 3.33. The Morgan fingerprint density at radius 1 is 1.00 bits per heavy atom. The van der Waals surface area contributed by atoms with Gasteiger partial charge in [0.05, 0.1) is 6.42 Å². The summed E-state index contributed by atoms with van der Waals surface area (Å²) in [5.74, 6) is -0.799. The molecule has 0 fully saturated rings. The molecular formula is C17H19NO2. The molecule has 0 spiro atoms. The minimum Gasteiger partial charge on any atom is -0.481 e. The highest BCUT2D eigenvalue weighted by Gasteiger charge is 2.18. The van der Waals surface area contributed by atoms with Gasteiger partial charge in [0.15, 0.2) is 0 Å². The maximum atomic E-state index is 11.1.